The maximum absolute atomic E-state index is 14.4. The summed E-state index contributed by atoms with van der Waals surface area (Å²) in [4.78, 5) is 8.74. The van der Waals surface area contributed by atoms with Gasteiger partial charge in [-0.2, -0.15) is 9.37 Å². The highest BCUT2D eigenvalue weighted by atomic mass is 19.1. The van der Waals surface area contributed by atoms with Crippen LogP contribution >= 0.6 is 0 Å². The van der Waals surface area contributed by atoms with Crippen molar-refractivity contribution in [1.29, 1.82) is 0 Å². The van der Waals surface area contributed by atoms with Crippen LogP contribution < -0.4 is 10.1 Å². The van der Waals surface area contributed by atoms with Crippen molar-refractivity contribution in [2.75, 3.05) is 12.4 Å². The molecule has 33 heavy (non-hydrogen) atoms. The summed E-state index contributed by atoms with van der Waals surface area (Å²) in [5, 5.41) is 4.21. The van der Waals surface area contributed by atoms with Crippen molar-refractivity contribution in [1.82, 2.24) is 9.97 Å². The highest BCUT2D eigenvalue weighted by molar-refractivity contribution is 5.82. The topological polar surface area (TPSA) is 60.2 Å². The van der Waals surface area contributed by atoms with Crippen LogP contribution in [-0.4, -0.2) is 23.1 Å². The van der Waals surface area contributed by atoms with Gasteiger partial charge in [-0.3, -0.25) is 4.98 Å². The lowest BCUT2D eigenvalue weighted by atomic mass is 9.76. The van der Waals surface area contributed by atoms with Gasteiger partial charge in [0.1, 0.15) is 11.3 Å². The van der Waals surface area contributed by atoms with Crippen LogP contribution in [0, 0.1) is 17.6 Å². The fourth-order valence-corrected chi connectivity index (χ4v) is 5.14. The third kappa shape index (κ3) is 4.36. The van der Waals surface area contributed by atoms with E-state index in [9.17, 15) is 8.78 Å². The first-order chi connectivity index (χ1) is 16.0. The maximum atomic E-state index is 14.4. The Kier molecular flexibility index (Phi) is 5.87. The van der Waals surface area contributed by atoms with Crippen LogP contribution in [0.5, 0.6) is 5.75 Å². The van der Waals surface area contributed by atoms with Gasteiger partial charge in [-0.25, -0.2) is 4.39 Å². The highest BCUT2D eigenvalue weighted by Gasteiger charge is 2.25. The molecule has 0 aliphatic heterocycles. The quantitative estimate of drug-likeness (QED) is 0.348. The van der Waals surface area contributed by atoms with E-state index in [1.54, 1.807) is 24.3 Å². The standard InChI is InChI=1S/C26H27F2N3O2/c1-15(30-26-31-22-9-10-23(32-2)24(28)25(22)33-26)13-16-3-5-17(6-4-16)19-11-12-29-21-8-7-18(27)14-20(19)21/h7-12,14-17H,3-6,13H2,1-2H3,(H,30,31). The van der Waals surface area contributed by atoms with Gasteiger partial charge < -0.3 is 14.5 Å². The summed E-state index contributed by atoms with van der Waals surface area (Å²) in [6.45, 7) is 2.09. The van der Waals surface area contributed by atoms with Gasteiger partial charge in [0.15, 0.2) is 11.3 Å². The second-order valence-electron chi connectivity index (χ2n) is 9.01. The molecular weight excluding hydrogens is 424 g/mol. The van der Waals surface area contributed by atoms with E-state index in [1.165, 1.54) is 18.7 Å². The molecule has 0 bridgehead atoms. The molecule has 1 N–H and O–H groups in total. The van der Waals surface area contributed by atoms with Crippen molar-refractivity contribution in [3.8, 4) is 5.75 Å². The zero-order chi connectivity index (χ0) is 22.9. The number of pyridine rings is 1. The molecule has 0 radical (unpaired) electrons. The number of fused-ring (bicyclic) bond motifs is 2. The number of nitrogens with zero attached hydrogens (tertiary/aromatic N) is 2. The Balaban J connectivity index is 1.21. The molecule has 1 atom stereocenters. The summed E-state index contributed by atoms with van der Waals surface area (Å²) in [5.74, 6) is 0.384. The largest absolute Gasteiger partial charge is 0.494 e. The summed E-state index contributed by atoms with van der Waals surface area (Å²) in [7, 11) is 1.42. The van der Waals surface area contributed by atoms with Gasteiger partial charge in [0, 0.05) is 17.6 Å². The molecule has 1 aliphatic carbocycles. The van der Waals surface area contributed by atoms with Crippen LogP contribution in [0.25, 0.3) is 22.0 Å². The van der Waals surface area contributed by atoms with Crippen molar-refractivity contribution < 1.29 is 17.9 Å². The Morgan fingerprint density at radius 2 is 1.88 bits per heavy atom. The Morgan fingerprint density at radius 3 is 2.67 bits per heavy atom. The van der Waals surface area contributed by atoms with E-state index in [1.807, 2.05) is 12.3 Å². The van der Waals surface area contributed by atoms with Crippen molar-refractivity contribution in [2.45, 2.75) is 51.0 Å². The number of nitrogens with one attached hydrogen (secondary N) is 1. The molecule has 172 valence electrons. The van der Waals surface area contributed by atoms with E-state index < -0.39 is 5.82 Å². The molecule has 1 aliphatic rings. The summed E-state index contributed by atoms with van der Waals surface area (Å²) >= 11 is 0. The molecule has 2 heterocycles. The monoisotopic (exact) mass is 451 g/mol. The SMILES string of the molecule is COc1ccc2nc(NC(C)CC3CCC(c4ccnc5ccc(F)cc45)CC3)oc2c1F. The molecule has 7 heteroatoms. The third-order valence-electron chi connectivity index (χ3n) is 6.76. The molecule has 5 rings (SSSR count). The van der Waals surface area contributed by atoms with E-state index in [0.717, 1.165) is 43.0 Å². The lowest BCUT2D eigenvalue weighted by Gasteiger charge is -2.31. The summed E-state index contributed by atoms with van der Waals surface area (Å²) in [5.41, 5.74) is 2.62. The number of hydrogen-bond donors (Lipinski definition) is 1. The Labute approximate surface area is 191 Å². The first-order valence-corrected chi connectivity index (χ1v) is 11.5. The molecule has 1 saturated carbocycles. The molecule has 0 spiro atoms. The number of hydrogen-bond acceptors (Lipinski definition) is 5. The number of aromatic nitrogens is 2. The van der Waals surface area contributed by atoms with Crippen LogP contribution in [0.4, 0.5) is 14.8 Å². The van der Waals surface area contributed by atoms with Crippen LogP contribution in [0.15, 0.2) is 47.0 Å². The molecule has 1 unspecified atom stereocenters. The Hall–Kier alpha value is -3.22. The number of oxazole rings is 1. The van der Waals surface area contributed by atoms with E-state index in [4.69, 9.17) is 9.15 Å². The van der Waals surface area contributed by atoms with Crippen molar-refractivity contribution in [3.63, 3.8) is 0 Å². The fraction of sp³-hybridized carbons (Fsp3) is 0.385. The number of benzene rings is 2. The van der Waals surface area contributed by atoms with Gasteiger partial charge in [-0.1, -0.05) is 0 Å². The number of methoxy groups -OCH3 is 1. The minimum atomic E-state index is -0.537. The molecular formula is C26H27F2N3O2. The van der Waals surface area contributed by atoms with E-state index in [2.05, 4.69) is 22.2 Å². The van der Waals surface area contributed by atoms with Gasteiger partial charge in [-0.05, 0) is 92.8 Å². The summed E-state index contributed by atoms with van der Waals surface area (Å²) in [6.07, 6.45) is 7.15. The minimum absolute atomic E-state index is 0.102. The zero-order valence-electron chi connectivity index (χ0n) is 18.8. The smallest absolute Gasteiger partial charge is 0.296 e. The van der Waals surface area contributed by atoms with Crippen molar-refractivity contribution in [2.24, 2.45) is 5.92 Å². The zero-order valence-corrected chi connectivity index (χ0v) is 18.8. The first kappa shape index (κ1) is 21.6. The van der Waals surface area contributed by atoms with Gasteiger partial charge in [0.2, 0.25) is 5.82 Å². The van der Waals surface area contributed by atoms with Gasteiger partial charge in [0.05, 0.1) is 12.6 Å². The van der Waals surface area contributed by atoms with Crippen molar-refractivity contribution in [3.05, 3.63) is 59.8 Å². The fourth-order valence-electron chi connectivity index (χ4n) is 5.14. The normalized spacial score (nSPS) is 19.6. The minimum Gasteiger partial charge on any atom is -0.494 e. The predicted molar refractivity (Wildman–Crippen MR) is 125 cm³/mol. The first-order valence-electron chi connectivity index (χ1n) is 11.5. The van der Waals surface area contributed by atoms with E-state index in [0.29, 0.717) is 23.4 Å². The summed E-state index contributed by atoms with van der Waals surface area (Å²) < 4.78 is 38.8. The lowest BCUT2D eigenvalue weighted by molar-refractivity contribution is 0.301. The molecule has 5 nitrogen and oxygen atoms in total. The number of ether oxygens (including phenoxy) is 1. The Bertz CT molecular complexity index is 1280. The molecule has 2 aromatic carbocycles. The van der Waals surface area contributed by atoms with Crippen LogP contribution in [0.3, 0.4) is 0 Å². The number of anilines is 1. The van der Waals surface area contributed by atoms with Crippen LogP contribution in [-0.2, 0) is 0 Å². The number of halogens is 2. The second-order valence-corrected chi connectivity index (χ2v) is 9.01. The van der Waals surface area contributed by atoms with E-state index >= 15 is 0 Å². The van der Waals surface area contributed by atoms with Gasteiger partial charge in [-0.15, -0.1) is 0 Å². The highest BCUT2D eigenvalue weighted by Crippen LogP contribution is 2.40. The van der Waals surface area contributed by atoms with Gasteiger partial charge >= 0.3 is 0 Å². The Morgan fingerprint density at radius 1 is 1.09 bits per heavy atom. The lowest BCUT2D eigenvalue weighted by Crippen LogP contribution is -2.23. The average molecular weight is 452 g/mol. The van der Waals surface area contributed by atoms with Crippen molar-refractivity contribution >= 4 is 28.0 Å². The molecule has 4 aromatic rings. The van der Waals surface area contributed by atoms with Gasteiger partial charge in [0.25, 0.3) is 6.01 Å². The third-order valence-corrected chi connectivity index (χ3v) is 6.76. The molecule has 1 fully saturated rings. The van der Waals surface area contributed by atoms with Crippen LogP contribution in [0.1, 0.15) is 50.5 Å². The van der Waals surface area contributed by atoms with Crippen LogP contribution in [0.2, 0.25) is 0 Å². The predicted octanol–water partition coefficient (Wildman–Crippen LogP) is 6.83. The average Bonchev–Trinajstić information content (AvgIpc) is 3.23. The second kappa shape index (κ2) is 8.96. The molecule has 2 aromatic heterocycles. The molecule has 0 amide bonds. The summed E-state index contributed by atoms with van der Waals surface area (Å²) in [6, 6.07) is 10.6. The molecule has 0 saturated heterocycles. The maximum Gasteiger partial charge on any atom is 0.296 e. The number of rotatable bonds is 6. The van der Waals surface area contributed by atoms with E-state index in [-0.39, 0.29) is 23.2 Å².